The lowest BCUT2D eigenvalue weighted by Crippen LogP contribution is -2.42. The zero-order valence-corrected chi connectivity index (χ0v) is 8.71. The Hall–Kier alpha value is -0.170. The van der Waals surface area contributed by atoms with Gasteiger partial charge in [-0.05, 0) is 20.3 Å². The van der Waals surface area contributed by atoms with Gasteiger partial charge in [0.05, 0.1) is 6.10 Å². The SMILES string of the molecule is CC(C)NS(=O)(=O)N1CC[C@H](O)C1. The highest BCUT2D eigenvalue weighted by molar-refractivity contribution is 7.87. The average molecular weight is 208 g/mol. The highest BCUT2D eigenvalue weighted by atomic mass is 32.2. The lowest BCUT2D eigenvalue weighted by atomic mass is 10.3. The first-order chi connectivity index (χ1) is 5.92. The van der Waals surface area contributed by atoms with Crippen LogP contribution in [0.1, 0.15) is 20.3 Å². The van der Waals surface area contributed by atoms with Crippen molar-refractivity contribution >= 4 is 10.2 Å². The second kappa shape index (κ2) is 3.91. The molecule has 0 aromatic rings. The third kappa shape index (κ3) is 2.91. The van der Waals surface area contributed by atoms with E-state index in [1.54, 1.807) is 13.8 Å². The van der Waals surface area contributed by atoms with Crippen LogP contribution in [0.5, 0.6) is 0 Å². The van der Waals surface area contributed by atoms with E-state index in [9.17, 15) is 8.42 Å². The Labute approximate surface area is 78.9 Å². The van der Waals surface area contributed by atoms with E-state index in [0.717, 1.165) is 0 Å². The first-order valence-corrected chi connectivity index (χ1v) is 5.81. The first kappa shape index (κ1) is 10.9. The highest BCUT2D eigenvalue weighted by Crippen LogP contribution is 2.12. The molecule has 13 heavy (non-hydrogen) atoms. The zero-order valence-electron chi connectivity index (χ0n) is 7.90. The molecule has 0 radical (unpaired) electrons. The fourth-order valence-corrected chi connectivity index (χ4v) is 2.76. The van der Waals surface area contributed by atoms with E-state index in [1.807, 2.05) is 0 Å². The van der Waals surface area contributed by atoms with Crippen LogP contribution in [0.3, 0.4) is 0 Å². The maximum absolute atomic E-state index is 11.5. The second-order valence-electron chi connectivity index (χ2n) is 3.58. The van der Waals surface area contributed by atoms with Gasteiger partial charge in [-0.1, -0.05) is 0 Å². The van der Waals surface area contributed by atoms with Crippen molar-refractivity contribution in [2.45, 2.75) is 32.4 Å². The van der Waals surface area contributed by atoms with Crippen LogP contribution in [0.15, 0.2) is 0 Å². The molecule has 1 heterocycles. The van der Waals surface area contributed by atoms with E-state index in [-0.39, 0.29) is 12.6 Å². The van der Waals surface area contributed by atoms with Crippen LogP contribution in [-0.2, 0) is 10.2 Å². The Morgan fingerprint density at radius 3 is 2.54 bits per heavy atom. The fourth-order valence-electron chi connectivity index (χ4n) is 1.30. The zero-order chi connectivity index (χ0) is 10.1. The Morgan fingerprint density at radius 2 is 2.15 bits per heavy atom. The van der Waals surface area contributed by atoms with Gasteiger partial charge < -0.3 is 5.11 Å². The molecule has 2 N–H and O–H groups in total. The molecule has 1 aliphatic heterocycles. The molecule has 1 rings (SSSR count). The quantitative estimate of drug-likeness (QED) is 0.644. The Balaban J connectivity index is 2.60. The van der Waals surface area contributed by atoms with E-state index in [1.165, 1.54) is 4.31 Å². The predicted octanol–water partition coefficient (Wildman–Crippen LogP) is -0.704. The number of nitrogens with zero attached hydrogens (tertiary/aromatic N) is 1. The molecule has 0 amide bonds. The number of nitrogens with one attached hydrogen (secondary N) is 1. The van der Waals surface area contributed by atoms with Crippen molar-refractivity contribution in [3.63, 3.8) is 0 Å². The summed E-state index contributed by atoms with van der Waals surface area (Å²) < 4.78 is 26.7. The predicted molar refractivity (Wildman–Crippen MR) is 49.4 cm³/mol. The minimum absolute atomic E-state index is 0.109. The third-order valence-electron chi connectivity index (χ3n) is 1.85. The van der Waals surface area contributed by atoms with Crippen molar-refractivity contribution in [1.82, 2.24) is 9.03 Å². The van der Waals surface area contributed by atoms with Crippen LogP contribution in [-0.4, -0.2) is 43.1 Å². The van der Waals surface area contributed by atoms with Crippen molar-refractivity contribution in [1.29, 1.82) is 0 Å². The summed E-state index contributed by atoms with van der Waals surface area (Å²) in [6.45, 7) is 4.15. The molecule has 1 aliphatic rings. The molecule has 6 heteroatoms. The standard InChI is InChI=1S/C7H16N2O3S/c1-6(2)8-13(11,12)9-4-3-7(10)5-9/h6-8,10H,3-5H2,1-2H3/t7-/m0/s1. The normalized spacial score (nSPS) is 25.7. The lowest BCUT2D eigenvalue weighted by Gasteiger charge is -2.17. The van der Waals surface area contributed by atoms with Gasteiger partial charge in [-0.3, -0.25) is 0 Å². The number of hydrogen-bond donors (Lipinski definition) is 2. The van der Waals surface area contributed by atoms with Gasteiger partial charge >= 0.3 is 0 Å². The van der Waals surface area contributed by atoms with Crippen LogP contribution in [0, 0.1) is 0 Å². The lowest BCUT2D eigenvalue weighted by molar-refractivity contribution is 0.189. The maximum atomic E-state index is 11.5. The molecule has 1 fully saturated rings. The highest BCUT2D eigenvalue weighted by Gasteiger charge is 2.30. The van der Waals surface area contributed by atoms with Crippen molar-refractivity contribution in [2.24, 2.45) is 0 Å². The first-order valence-electron chi connectivity index (χ1n) is 4.37. The summed E-state index contributed by atoms with van der Waals surface area (Å²) in [4.78, 5) is 0. The van der Waals surface area contributed by atoms with E-state index >= 15 is 0 Å². The topological polar surface area (TPSA) is 69.6 Å². The van der Waals surface area contributed by atoms with Crippen molar-refractivity contribution in [3.8, 4) is 0 Å². The van der Waals surface area contributed by atoms with Crippen LogP contribution >= 0.6 is 0 Å². The van der Waals surface area contributed by atoms with Gasteiger partial charge in [-0.15, -0.1) is 0 Å². The van der Waals surface area contributed by atoms with Gasteiger partial charge in [0.2, 0.25) is 0 Å². The number of β-amino-alcohol motifs (C(OH)–C–C–N with tert-alkyl or cyclic N) is 1. The average Bonchev–Trinajstić information content (AvgIpc) is 2.32. The van der Waals surface area contributed by atoms with Crippen LogP contribution in [0.2, 0.25) is 0 Å². The number of aliphatic hydroxyl groups is 1. The number of aliphatic hydroxyl groups excluding tert-OH is 1. The van der Waals surface area contributed by atoms with Crippen molar-refractivity contribution < 1.29 is 13.5 Å². The minimum Gasteiger partial charge on any atom is -0.392 e. The smallest absolute Gasteiger partial charge is 0.279 e. The molecule has 0 saturated carbocycles. The molecule has 1 atom stereocenters. The number of rotatable bonds is 3. The monoisotopic (exact) mass is 208 g/mol. The van der Waals surface area contributed by atoms with E-state index in [0.29, 0.717) is 13.0 Å². The van der Waals surface area contributed by atoms with Crippen LogP contribution in [0.25, 0.3) is 0 Å². The molecule has 5 nitrogen and oxygen atoms in total. The molecule has 78 valence electrons. The minimum atomic E-state index is -3.37. The van der Waals surface area contributed by atoms with Gasteiger partial charge in [0.15, 0.2) is 0 Å². The summed E-state index contributed by atoms with van der Waals surface area (Å²) in [5.74, 6) is 0. The van der Waals surface area contributed by atoms with Gasteiger partial charge in [-0.2, -0.15) is 17.4 Å². The third-order valence-corrected chi connectivity index (χ3v) is 3.63. The van der Waals surface area contributed by atoms with Gasteiger partial charge in [0, 0.05) is 19.1 Å². The summed E-state index contributed by atoms with van der Waals surface area (Å²) in [7, 11) is -3.37. The number of hydrogen-bond acceptors (Lipinski definition) is 3. The summed E-state index contributed by atoms with van der Waals surface area (Å²) in [6.07, 6.45) is 0.0164. The summed E-state index contributed by atoms with van der Waals surface area (Å²) in [5.41, 5.74) is 0. The molecule has 0 spiro atoms. The van der Waals surface area contributed by atoms with Gasteiger partial charge in [0.1, 0.15) is 0 Å². The van der Waals surface area contributed by atoms with E-state index in [4.69, 9.17) is 5.11 Å². The van der Waals surface area contributed by atoms with Crippen molar-refractivity contribution in [3.05, 3.63) is 0 Å². The van der Waals surface area contributed by atoms with Crippen LogP contribution in [0.4, 0.5) is 0 Å². The molecule has 0 aromatic carbocycles. The molecule has 1 saturated heterocycles. The molecular weight excluding hydrogens is 192 g/mol. The van der Waals surface area contributed by atoms with Gasteiger partial charge in [0.25, 0.3) is 10.2 Å². The molecular formula is C7H16N2O3S. The Kier molecular flexibility index (Phi) is 3.28. The maximum Gasteiger partial charge on any atom is 0.279 e. The van der Waals surface area contributed by atoms with E-state index in [2.05, 4.69) is 4.72 Å². The summed E-state index contributed by atoms with van der Waals surface area (Å²) >= 11 is 0. The fraction of sp³-hybridized carbons (Fsp3) is 1.00. The molecule has 0 aliphatic carbocycles. The Morgan fingerprint density at radius 1 is 1.54 bits per heavy atom. The summed E-state index contributed by atoms with van der Waals surface area (Å²) in [6, 6.07) is -0.109. The largest absolute Gasteiger partial charge is 0.392 e. The van der Waals surface area contributed by atoms with Crippen LogP contribution < -0.4 is 4.72 Å². The molecule has 0 aromatic heterocycles. The Bertz CT molecular complexity index is 263. The summed E-state index contributed by atoms with van der Waals surface area (Å²) in [5, 5.41) is 9.16. The second-order valence-corrected chi connectivity index (χ2v) is 5.28. The van der Waals surface area contributed by atoms with Crippen molar-refractivity contribution in [2.75, 3.05) is 13.1 Å². The van der Waals surface area contributed by atoms with E-state index < -0.39 is 16.3 Å². The molecule has 0 bridgehead atoms. The van der Waals surface area contributed by atoms with Gasteiger partial charge in [-0.25, -0.2) is 0 Å². The molecule has 0 unspecified atom stereocenters.